The minimum absolute atomic E-state index is 0.432. The number of nitrogens with zero attached hydrogens (tertiary/aromatic N) is 2. The predicted molar refractivity (Wildman–Crippen MR) is 105 cm³/mol. The Labute approximate surface area is 157 Å². The summed E-state index contributed by atoms with van der Waals surface area (Å²) in [6.45, 7) is 4.21. The highest BCUT2D eigenvalue weighted by atomic mass is 32.1. The molecule has 0 spiro atoms. The molecule has 0 saturated carbocycles. The standard InChI is InChI=1S/C21H24N2O2S/c1-3-7-17-19(20(24)25)26-21-22-18(16(4-2)23(17)21)15-11-10-13-8-5-6-9-14(13)12-15/h10-12H,3-9H2,1-2H3,(H,24,25). The number of carbonyl (C=O) groups is 1. The molecule has 1 aromatic carbocycles. The first-order chi connectivity index (χ1) is 12.6. The first kappa shape index (κ1) is 17.3. The first-order valence-electron chi connectivity index (χ1n) is 9.52. The van der Waals surface area contributed by atoms with Gasteiger partial charge in [-0.2, -0.15) is 0 Å². The highest BCUT2D eigenvalue weighted by Crippen LogP contribution is 2.34. The Morgan fingerprint density at radius 2 is 1.96 bits per heavy atom. The summed E-state index contributed by atoms with van der Waals surface area (Å²) in [6, 6.07) is 6.75. The van der Waals surface area contributed by atoms with Gasteiger partial charge in [0.1, 0.15) is 4.88 Å². The Morgan fingerprint density at radius 1 is 1.19 bits per heavy atom. The van der Waals surface area contributed by atoms with E-state index in [0.717, 1.165) is 53.3 Å². The second-order valence-electron chi connectivity index (χ2n) is 7.00. The van der Waals surface area contributed by atoms with Crippen LogP contribution in [-0.2, 0) is 25.7 Å². The van der Waals surface area contributed by atoms with E-state index in [9.17, 15) is 9.90 Å². The zero-order valence-electron chi connectivity index (χ0n) is 15.3. The second kappa shape index (κ2) is 6.88. The fraction of sp³-hybridized carbons (Fsp3) is 0.429. The second-order valence-corrected chi connectivity index (χ2v) is 7.98. The van der Waals surface area contributed by atoms with Gasteiger partial charge in [0.15, 0.2) is 4.96 Å². The SMILES string of the molecule is CCCc1c(C(=O)O)sc2nc(-c3ccc4c(c3)CCCC4)c(CC)n12. The zero-order chi connectivity index (χ0) is 18.3. The van der Waals surface area contributed by atoms with Gasteiger partial charge in [-0.25, -0.2) is 9.78 Å². The summed E-state index contributed by atoms with van der Waals surface area (Å²) in [7, 11) is 0. The van der Waals surface area contributed by atoms with E-state index >= 15 is 0 Å². The monoisotopic (exact) mass is 368 g/mol. The van der Waals surface area contributed by atoms with E-state index in [4.69, 9.17) is 4.98 Å². The molecule has 136 valence electrons. The van der Waals surface area contributed by atoms with Crippen molar-refractivity contribution in [1.29, 1.82) is 0 Å². The van der Waals surface area contributed by atoms with E-state index in [1.54, 1.807) is 0 Å². The number of carboxylic acid groups (broad SMARTS) is 1. The quantitative estimate of drug-likeness (QED) is 0.677. The van der Waals surface area contributed by atoms with Crippen molar-refractivity contribution in [2.75, 3.05) is 0 Å². The Kier molecular flexibility index (Phi) is 4.57. The molecular weight excluding hydrogens is 344 g/mol. The molecule has 0 fully saturated rings. The number of hydrogen-bond donors (Lipinski definition) is 1. The number of aryl methyl sites for hydroxylation is 4. The lowest BCUT2D eigenvalue weighted by atomic mass is 9.89. The zero-order valence-corrected chi connectivity index (χ0v) is 16.2. The van der Waals surface area contributed by atoms with E-state index in [-0.39, 0.29) is 0 Å². The molecule has 4 rings (SSSR count). The molecule has 26 heavy (non-hydrogen) atoms. The van der Waals surface area contributed by atoms with Crippen molar-refractivity contribution in [2.24, 2.45) is 0 Å². The highest BCUT2D eigenvalue weighted by molar-refractivity contribution is 7.19. The Balaban J connectivity index is 1.90. The van der Waals surface area contributed by atoms with Crippen LogP contribution >= 0.6 is 11.3 Å². The average Bonchev–Trinajstić information content (AvgIpc) is 3.18. The van der Waals surface area contributed by atoms with Gasteiger partial charge >= 0.3 is 5.97 Å². The van der Waals surface area contributed by atoms with E-state index in [0.29, 0.717) is 4.88 Å². The number of aromatic nitrogens is 2. The fourth-order valence-corrected chi connectivity index (χ4v) is 5.13. The molecule has 3 aromatic rings. The summed E-state index contributed by atoms with van der Waals surface area (Å²) in [4.78, 5) is 17.7. The Morgan fingerprint density at radius 3 is 2.65 bits per heavy atom. The van der Waals surface area contributed by atoms with Gasteiger partial charge in [-0.05, 0) is 55.7 Å². The van der Waals surface area contributed by atoms with Crippen molar-refractivity contribution < 1.29 is 9.90 Å². The maximum Gasteiger partial charge on any atom is 0.347 e. The molecule has 0 atom stereocenters. The molecular formula is C21H24N2O2S. The third kappa shape index (κ3) is 2.75. The lowest BCUT2D eigenvalue weighted by Crippen LogP contribution is -2.04. The Bertz CT molecular complexity index is 984. The minimum Gasteiger partial charge on any atom is -0.477 e. The molecule has 4 nitrogen and oxygen atoms in total. The van der Waals surface area contributed by atoms with Gasteiger partial charge in [-0.3, -0.25) is 4.40 Å². The molecule has 0 amide bonds. The third-order valence-corrected chi connectivity index (χ3v) is 6.38. The maximum absolute atomic E-state index is 11.6. The lowest BCUT2D eigenvalue weighted by Gasteiger charge is -2.16. The summed E-state index contributed by atoms with van der Waals surface area (Å²) < 4.78 is 2.10. The molecule has 1 aliphatic rings. The molecule has 0 unspecified atom stereocenters. The van der Waals surface area contributed by atoms with E-state index in [2.05, 4.69) is 36.4 Å². The topological polar surface area (TPSA) is 54.6 Å². The van der Waals surface area contributed by atoms with Crippen molar-refractivity contribution in [1.82, 2.24) is 9.38 Å². The maximum atomic E-state index is 11.6. The molecule has 0 bridgehead atoms. The summed E-state index contributed by atoms with van der Waals surface area (Å²) in [5.74, 6) is -0.846. The number of rotatable bonds is 5. The van der Waals surface area contributed by atoms with Gasteiger partial charge in [-0.1, -0.05) is 43.7 Å². The van der Waals surface area contributed by atoms with Gasteiger partial charge in [0.2, 0.25) is 0 Å². The van der Waals surface area contributed by atoms with Crippen LogP contribution in [-0.4, -0.2) is 20.5 Å². The molecule has 2 heterocycles. The van der Waals surface area contributed by atoms with Crippen LogP contribution < -0.4 is 0 Å². The van der Waals surface area contributed by atoms with Crippen molar-refractivity contribution in [2.45, 2.75) is 58.8 Å². The summed E-state index contributed by atoms with van der Waals surface area (Å²) in [5.41, 5.74) is 7.13. The highest BCUT2D eigenvalue weighted by Gasteiger charge is 2.24. The van der Waals surface area contributed by atoms with Crippen LogP contribution in [0.3, 0.4) is 0 Å². The van der Waals surface area contributed by atoms with Crippen LogP contribution in [0.15, 0.2) is 18.2 Å². The number of benzene rings is 1. The molecule has 0 saturated heterocycles. The number of aromatic carboxylic acids is 1. The van der Waals surface area contributed by atoms with Crippen molar-refractivity contribution in [3.05, 3.63) is 45.6 Å². The summed E-state index contributed by atoms with van der Waals surface area (Å²) >= 11 is 1.30. The van der Waals surface area contributed by atoms with Crippen LogP contribution in [0.1, 0.15) is 65.3 Å². The third-order valence-electron chi connectivity index (χ3n) is 5.31. The fourth-order valence-electron chi connectivity index (χ4n) is 4.10. The molecule has 1 N–H and O–H groups in total. The van der Waals surface area contributed by atoms with Gasteiger partial charge in [0, 0.05) is 11.3 Å². The molecule has 0 radical (unpaired) electrons. The normalized spacial score (nSPS) is 13.9. The van der Waals surface area contributed by atoms with Gasteiger partial charge in [-0.15, -0.1) is 0 Å². The number of thiazole rings is 1. The largest absolute Gasteiger partial charge is 0.477 e. The van der Waals surface area contributed by atoms with Crippen LogP contribution in [0.25, 0.3) is 16.2 Å². The Hall–Kier alpha value is -2.14. The predicted octanol–water partition coefficient (Wildman–Crippen LogP) is 5.15. The van der Waals surface area contributed by atoms with E-state index in [1.807, 2.05) is 0 Å². The number of imidazole rings is 1. The smallest absolute Gasteiger partial charge is 0.347 e. The number of hydrogen-bond acceptors (Lipinski definition) is 3. The first-order valence-corrected chi connectivity index (χ1v) is 10.3. The van der Waals surface area contributed by atoms with Crippen LogP contribution in [0, 0.1) is 0 Å². The van der Waals surface area contributed by atoms with Crippen LogP contribution in [0.2, 0.25) is 0 Å². The molecule has 2 aromatic heterocycles. The van der Waals surface area contributed by atoms with Crippen LogP contribution in [0.5, 0.6) is 0 Å². The minimum atomic E-state index is -0.846. The number of fused-ring (bicyclic) bond motifs is 2. The van der Waals surface area contributed by atoms with Gasteiger partial charge in [0.05, 0.1) is 11.4 Å². The van der Waals surface area contributed by atoms with E-state index in [1.165, 1.54) is 41.7 Å². The van der Waals surface area contributed by atoms with Gasteiger partial charge in [0.25, 0.3) is 0 Å². The average molecular weight is 369 g/mol. The molecule has 5 heteroatoms. The number of carboxylic acids is 1. The molecule has 1 aliphatic carbocycles. The van der Waals surface area contributed by atoms with E-state index < -0.39 is 5.97 Å². The summed E-state index contributed by atoms with van der Waals surface area (Å²) in [5, 5.41) is 9.56. The van der Waals surface area contributed by atoms with Crippen molar-refractivity contribution >= 4 is 22.3 Å². The van der Waals surface area contributed by atoms with Crippen LogP contribution in [0.4, 0.5) is 0 Å². The van der Waals surface area contributed by atoms with Crippen molar-refractivity contribution in [3.63, 3.8) is 0 Å². The van der Waals surface area contributed by atoms with Crippen molar-refractivity contribution in [3.8, 4) is 11.3 Å². The lowest BCUT2D eigenvalue weighted by molar-refractivity contribution is 0.0700. The summed E-state index contributed by atoms with van der Waals surface area (Å²) in [6.07, 6.45) is 7.38. The molecule has 0 aliphatic heterocycles. The van der Waals surface area contributed by atoms with Gasteiger partial charge < -0.3 is 5.11 Å².